The van der Waals surface area contributed by atoms with Crippen LogP contribution in [0, 0.1) is 5.92 Å². The van der Waals surface area contributed by atoms with E-state index in [1.54, 1.807) is 0 Å². The van der Waals surface area contributed by atoms with Gasteiger partial charge in [0.25, 0.3) is 0 Å². The van der Waals surface area contributed by atoms with Crippen molar-refractivity contribution in [1.82, 2.24) is 5.32 Å². The number of hydrogen-bond acceptors (Lipinski definition) is 2. The van der Waals surface area contributed by atoms with Crippen LogP contribution in [0.15, 0.2) is 0 Å². The highest BCUT2D eigenvalue weighted by Gasteiger charge is 2.37. The van der Waals surface area contributed by atoms with Gasteiger partial charge in [0.05, 0.1) is 6.10 Å². The van der Waals surface area contributed by atoms with Crippen LogP contribution in [0.2, 0.25) is 0 Å². The van der Waals surface area contributed by atoms with Crippen molar-refractivity contribution >= 4 is 0 Å². The van der Waals surface area contributed by atoms with Gasteiger partial charge in [-0.15, -0.1) is 0 Å². The van der Waals surface area contributed by atoms with Crippen molar-refractivity contribution in [3.05, 3.63) is 0 Å². The molecule has 1 fully saturated rings. The lowest BCUT2D eigenvalue weighted by Gasteiger charge is -1.98. The van der Waals surface area contributed by atoms with Crippen molar-refractivity contribution in [3.8, 4) is 0 Å². The maximum absolute atomic E-state index is 5.36. The molecule has 0 saturated carbocycles. The van der Waals surface area contributed by atoms with Gasteiger partial charge in [-0.3, -0.25) is 5.32 Å². The Morgan fingerprint density at radius 3 is 2.70 bits per heavy atom. The first-order valence-electron chi connectivity index (χ1n) is 4.13. The van der Waals surface area contributed by atoms with Gasteiger partial charge in [-0.05, 0) is 18.9 Å². The van der Waals surface area contributed by atoms with Gasteiger partial charge in [-0.2, -0.15) is 0 Å². The van der Waals surface area contributed by atoms with Crippen LogP contribution < -0.4 is 5.32 Å². The van der Waals surface area contributed by atoms with Gasteiger partial charge in [0.1, 0.15) is 6.23 Å². The smallest absolute Gasteiger partial charge is 0.135 e. The van der Waals surface area contributed by atoms with E-state index >= 15 is 0 Å². The molecule has 1 rings (SSSR count). The van der Waals surface area contributed by atoms with E-state index in [0.717, 1.165) is 12.5 Å². The first kappa shape index (κ1) is 8.02. The fourth-order valence-electron chi connectivity index (χ4n) is 1.17. The van der Waals surface area contributed by atoms with Gasteiger partial charge >= 0.3 is 0 Å². The molecule has 10 heavy (non-hydrogen) atoms. The van der Waals surface area contributed by atoms with E-state index in [1.807, 2.05) is 0 Å². The van der Waals surface area contributed by atoms with E-state index in [2.05, 4.69) is 26.1 Å². The molecule has 0 bridgehead atoms. The number of epoxide rings is 1. The molecular formula is C8H17NO. The maximum atomic E-state index is 5.36. The van der Waals surface area contributed by atoms with Gasteiger partial charge in [-0.1, -0.05) is 20.8 Å². The molecule has 1 N–H and O–H groups in total. The second-order valence-corrected chi connectivity index (χ2v) is 3.28. The van der Waals surface area contributed by atoms with Crippen LogP contribution in [0.5, 0.6) is 0 Å². The Labute approximate surface area is 63.0 Å². The maximum Gasteiger partial charge on any atom is 0.135 e. The molecule has 0 aromatic rings. The summed E-state index contributed by atoms with van der Waals surface area (Å²) >= 11 is 0. The number of nitrogens with one attached hydrogen (secondary N) is 1. The minimum atomic E-state index is 0.368. The molecule has 2 nitrogen and oxygen atoms in total. The topological polar surface area (TPSA) is 24.6 Å². The van der Waals surface area contributed by atoms with Crippen molar-refractivity contribution in [3.63, 3.8) is 0 Å². The molecule has 0 aliphatic carbocycles. The zero-order chi connectivity index (χ0) is 7.56. The standard InChI is InChI=1S/C8H17NO/c1-4-9-8-7(10-8)5-6(2)3/h6-9H,4-5H2,1-3H3. The SMILES string of the molecule is CCNC1OC1CC(C)C. The van der Waals surface area contributed by atoms with Gasteiger partial charge in [0.2, 0.25) is 0 Å². The molecule has 1 aliphatic rings. The molecule has 0 amide bonds. The van der Waals surface area contributed by atoms with Crippen molar-refractivity contribution in [2.45, 2.75) is 39.5 Å². The van der Waals surface area contributed by atoms with Gasteiger partial charge in [0, 0.05) is 0 Å². The summed E-state index contributed by atoms with van der Waals surface area (Å²) < 4.78 is 5.36. The van der Waals surface area contributed by atoms with E-state index in [1.165, 1.54) is 6.42 Å². The van der Waals surface area contributed by atoms with E-state index in [9.17, 15) is 0 Å². The van der Waals surface area contributed by atoms with Gasteiger partial charge in [-0.25, -0.2) is 0 Å². The van der Waals surface area contributed by atoms with Crippen LogP contribution in [0.3, 0.4) is 0 Å². The number of likely N-dealkylation sites (N-methyl/N-ethyl adjacent to an activating group) is 1. The normalized spacial score (nSPS) is 31.2. The lowest BCUT2D eigenvalue weighted by atomic mass is 10.1. The van der Waals surface area contributed by atoms with Gasteiger partial charge < -0.3 is 4.74 Å². The Hall–Kier alpha value is -0.0800. The van der Waals surface area contributed by atoms with Gasteiger partial charge in [0.15, 0.2) is 0 Å². The Morgan fingerprint density at radius 1 is 1.50 bits per heavy atom. The van der Waals surface area contributed by atoms with Crippen molar-refractivity contribution in [2.24, 2.45) is 5.92 Å². The summed E-state index contributed by atoms with van der Waals surface area (Å²) in [6.07, 6.45) is 2.06. The quantitative estimate of drug-likeness (QED) is 0.601. The molecule has 2 unspecified atom stereocenters. The lowest BCUT2D eigenvalue weighted by Crippen LogP contribution is -2.19. The average Bonchev–Trinajstić information content (AvgIpc) is 2.47. The second-order valence-electron chi connectivity index (χ2n) is 3.28. The summed E-state index contributed by atoms with van der Waals surface area (Å²) in [6, 6.07) is 0. The van der Waals surface area contributed by atoms with Crippen LogP contribution in [-0.2, 0) is 4.74 Å². The lowest BCUT2D eigenvalue weighted by molar-refractivity contribution is 0.331. The summed E-state index contributed by atoms with van der Waals surface area (Å²) in [4.78, 5) is 0. The third kappa shape index (κ3) is 2.27. The molecule has 0 spiro atoms. The first-order chi connectivity index (χ1) is 4.74. The van der Waals surface area contributed by atoms with E-state index in [4.69, 9.17) is 4.74 Å². The van der Waals surface area contributed by atoms with Crippen LogP contribution in [0.1, 0.15) is 27.2 Å². The van der Waals surface area contributed by atoms with E-state index in [-0.39, 0.29) is 0 Å². The number of ether oxygens (including phenoxy) is 1. The average molecular weight is 143 g/mol. The highest BCUT2D eigenvalue weighted by atomic mass is 16.6. The predicted octanol–water partition coefficient (Wildman–Crippen LogP) is 1.37. The molecular weight excluding hydrogens is 126 g/mol. The zero-order valence-electron chi connectivity index (χ0n) is 7.05. The first-order valence-corrected chi connectivity index (χ1v) is 4.13. The molecule has 1 aliphatic heterocycles. The number of hydrogen-bond donors (Lipinski definition) is 1. The van der Waals surface area contributed by atoms with Crippen LogP contribution in [0.25, 0.3) is 0 Å². The zero-order valence-corrected chi connectivity index (χ0v) is 7.05. The molecule has 1 heterocycles. The van der Waals surface area contributed by atoms with E-state index in [0.29, 0.717) is 12.3 Å². The summed E-state index contributed by atoms with van der Waals surface area (Å²) in [6.45, 7) is 7.57. The molecule has 0 aromatic heterocycles. The second kappa shape index (κ2) is 3.35. The third-order valence-corrected chi connectivity index (χ3v) is 1.69. The van der Waals surface area contributed by atoms with Crippen molar-refractivity contribution < 1.29 is 4.74 Å². The Bertz CT molecular complexity index is 103. The molecule has 60 valence electrons. The number of rotatable bonds is 4. The largest absolute Gasteiger partial charge is 0.353 e. The summed E-state index contributed by atoms with van der Waals surface area (Å²) in [5.74, 6) is 0.758. The molecule has 0 radical (unpaired) electrons. The van der Waals surface area contributed by atoms with Crippen LogP contribution in [0.4, 0.5) is 0 Å². The van der Waals surface area contributed by atoms with E-state index < -0.39 is 0 Å². The van der Waals surface area contributed by atoms with Crippen molar-refractivity contribution in [1.29, 1.82) is 0 Å². The van der Waals surface area contributed by atoms with Crippen LogP contribution in [-0.4, -0.2) is 18.9 Å². The minimum absolute atomic E-state index is 0.368. The van der Waals surface area contributed by atoms with Crippen LogP contribution >= 0.6 is 0 Å². The minimum Gasteiger partial charge on any atom is -0.353 e. The molecule has 2 atom stereocenters. The monoisotopic (exact) mass is 143 g/mol. The highest BCUT2D eigenvalue weighted by molar-refractivity contribution is 4.82. The third-order valence-electron chi connectivity index (χ3n) is 1.69. The fraction of sp³-hybridized carbons (Fsp3) is 1.00. The summed E-state index contributed by atoms with van der Waals surface area (Å²) in [5.41, 5.74) is 0. The summed E-state index contributed by atoms with van der Waals surface area (Å²) in [5, 5.41) is 3.25. The molecule has 2 heteroatoms. The summed E-state index contributed by atoms with van der Waals surface area (Å²) in [7, 11) is 0. The van der Waals surface area contributed by atoms with Crippen molar-refractivity contribution in [2.75, 3.05) is 6.54 Å². The highest BCUT2D eigenvalue weighted by Crippen LogP contribution is 2.25. The Balaban J connectivity index is 2.02. The Kier molecular flexibility index (Phi) is 2.69. The Morgan fingerprint density at radius 2 is 2.20 bits per heavy atom. The predicted molar refractivity (Wildman–Crippen MR) is 41.8 cm³/mol. The fourth-order valence-corrected chi connectivity index (χ4v) is 1.17. The molecule has 0 aromatic carbocycles. The molecule has 1 saturated heterocycles.